The number of halogens is 1. The second-order valence-electron chi connectivity index (χ2n) is 6.88. The third kappa shape index (κ3) is 4.24. The molecule has 3 rings (SSSR count). The van der Waals surface area contributed by atoms with Gasteiger partial charge in [-0.1, -0.05) is 56.6 Å². The summed E-state index contributed by atoms with van der Waals surface area (Å²) < 4.78 is 6.96. The molecule has 6 heteroatoms. The van der Waals surface area contributed by atoms with Crippen molar-refractivity contribution in [2.45, 2.75) is 26.2 Å². The van der Waals surface area contributed by atoms with Gasteiger partial charge in [0, 0.05) is 16.5 Å². The lowest BCUT2D eigenvalue weighted by Crippen LogP contribution is -2.19. The Morgan fingerprint density at radius 2 is 1.81 bits per heavy atom. The minimum atomic E-state index is -0.583. The molecule has 0 spiro atoms. The van der Waals surface area contributed by atoms with Gasteiger partial charge in [0.2, 0.25) is 0 Å². The highest BCUT2D eigenvalue weighted by Crippen LogP contribution is 2.27. The van der Waals surface area contributed by atoms with E-state index in [9.17, 15) is 4.79 Å². The molecule has 26 heavy (non-hydrogen) atoms. The van der Waals surface area contributed by atoms with Crippen molar-refractivity contribution < 1.29 is 9.53 Å². The Hall–Kier alpha value is -2.79. The number of hydrogen-bond donors (Lipinski definition) is 1. The molecular formula is C20H20ClN3O2. The summed E-state index contributed by atoms with van der Waals surface area (Å²) in [5.74, 6) is 0.980. The number of aromatic nitrogens is 2. The van der Waals surface area contributed by atoms with Gasteiger partial charge in [-0.25, -0.2) is 9.48 Å². The molecule has 1 N–H and O–H groups in total. The van der Waals surface area contributed by atoms with Gasteiger partial charge in [-0.05, 0) is 30.3 Å². The molecule has 0 atom stereocenters. The molecule has 0 radical (unpaired) electrons. The summed E-state index contributed by atoms with van der Waals surface area (Å²) in [6.07, 6.45) is -0.583. The number of carbonyl (C=O) groups is 1. The van der Waals surface area contributed by atoms with Crippen LogP contribution in [0, 0.1) is 0 Å². The van der Waals surface area contributed by atoms with Crippen molar-refractivity contribution in [2.75, 3.05) is 5.32 Å². The summed E-state index contributed by atoms with van der Waals surface area (Å²) in [6.45, 7) is 6.18. The van der Waals surface area contributed by atoms with Gasteiger partial charge in [0.15, 0.2) is 0 Å². The number of ether oxygens (including phenoxy) is 1. The quantitative estimate of drug-likeness (QED) is 0.669. The van der Waals surface area contributed by atoms with Crippen LogP contribution >= 0.6 is 11.6 Å². The van der Waals surface area contributed by atoms with E-state index in [1.807, 2.05) is 24.3 Å². The molecule has 134 valence electrons. The molecule has 0 fully saturated rings. The van der Waals surface area contributed by atoms with Crippen molar-refractivity contribution in [1.82, 2.24) is 9.78 Å². The van der Waals surface area contributed by atoms with E-state index in [0.717, 1.165) is 11.4 Å². The summed E-state index contributed by atoms with van der Waals surface area (Å²) in [6, 6.07) is 18.0. The Morgan fingerprint density at radius 3 is 2.46 bits per heavy atom. The fourth-order valence-electron chi connectivity index (χ4n) is 2.37. The van der Waals surface area contributed by atoms with E-state index < -0.39 is 6.09 Å². The van der Waals surface area contributed by atoms with Gasteiger partial charge in [0.05, 0.1) is 11.4 Å². The lowest BCUT2D eigenvalue weighted by molar-refractivity contribution is 0.215. The molecule has 0 aliphatic heterocycles. The highest BCUT2D eigenvalue weighted by Gasteiger charge is 2.22. The molecular weight excluding hydrogens is 350 g/mol. The summed E-state index contributed by atoms with van der Waals surface area (Å²) >= 11 is 6.10. The number of hydrogen-bond acceptors (Lipinski definition) is 3. The van der Waals surface area contributed by atoms with E-state index in [0.29, 0.717) is 16.6 Å². The Balaban J connectivity index is 1.92. The molecule has 1 amide bonds. The molecule has 0 saturated carbocycles. The summed E-state index contributed by atoms with van der Waals surface area (Å²) in [5, 5.41) is 8.00. The predicted octanol–water partition coefficient (Wildman–Crippen LogP) is 5.43. The number of rotatable bonds is 3. The first-order chi connectivity index (χ1) is 12.3. The van der Waals surface area contributed by atoms with Crippen LogP contribution in [0.5, 0.6) is 5.75 Å². The highest BCUT2D eigenvalue weighted by atomic mass is 35.5. The molecule has 0 bridgehead atoms. The van der Waals surface area contributed by atoms with Crippen LogP contribution in [-0.4, -0.2) is 15.9 Å². The number of anilines is 1. The first kappa shape index (κ1) is 18.0. The predicted molar refractivity (Wildman–Crippen MR) is 103 cm³/mol. The Morgan fingerprint density at radius 1 is 1.08 bits per heavy atom. The van der Waals surface area contributed by atoms with Crippen LogP contribution in [-0.2, 0) is 5.41 Å². The largest absolute Gasteiger partial charge is 0.418 e. The Bertz CT molecular complexity index is 914. The zero-order valence-electron chi connectivity index (χ0n) is 14.9. The van der Waals surface area contributed by atoms with Gasteiger partial charge in [-0.2, -0.15) is 5.10 Å². The van der Waals surface area contributed by atoms with Gasteiger partial charge < -0.3 is 4.74 Å². The summed E-state index contributed by atoms with van der Waals surface area (Å²) in [5.41, 5.74) is 1.42. The first-order valence-corrected chi connectivity index (χ1v) is 8.61. The molecule has 1 aromatic heterocycles. The van der Waals surface area contributed by atoms with Crippen molar-refractivity contribution in [3.8, 4) is 11.4 Å². The van der Waals surface area contributed by atoms with Crippen molar-refractivity contribution >= 4 is 23.5 Å². The molecule has 3 aromatic rings. The second-order valence-corrected chi connectivity index (χ2v) is 7.32. The zero-order valence-corrected chi connectivity index (χ0v) is 15.6. The SMILES string of the molecule is CC(C)(C)c1cc(NC(=O)Oc2ccccc2)n(-c2cccc(Cl)c2)n1. The van der Waals surface area contributed by atoms with Gasteiger partial charge in [-0.3, -0.25) is 5.32 Å². The van der Waals surface area contributed by atoms with E-state index in [4.69, 9.17) is 16.3 Å². The number of carbonyl (C=O) groups excluding carboxylic acids is 1. The van der Waals surface area contributed by atoms with E-state index >= 15 is 0 Å². The second kappa shape index (κ2) is 7.22. The Labute approximate surface area is 157 Å². The van der Waals surface area contributed by atoms with Crippen molar-refractivity contribution in [2.24, 2.45) is 0 Å². The van der Waals surface area contributed by atoms with Crippen LogP contribution < -0.4 is 10.1 Å². The third-order valence-electron chi connectivity index (χ3n) is 3.71. The number of nitrogens with zero attached hydrogens (tertiary/aromatic N) is 2. The van der Waals surface area contributed by atoms with Crippen LogP contribution in [0.25, 0.3) is 5.69 Å². The van der Waals surface area contributed by atoms with Gasteiger partial charge >= 0.3 is 6.09 Å². The standard InChI is InChI=1S/C20H20ClN3O2/c1-20(2,3)17-13-18(22-19(25)26-16-10-5-4-6-11-16)24(23-17)15-9-7-8-14(21)12-15/h4-13H,1-3H3,(H,22,25). The molecule has 2 aromatic carbocycles. The fraction of sp³-hybridized carbons (Fsp3) is 0.200. The van der Waals surface area contributed by atoms with Crippen LogP contribution in [0.1, 0.15) is 26.5 Å². The lowest BCUT2D eigenvalue weighted by atomic mass is 9.92. The van der Waals surface area contributed by atoms with Crippen LogP contribution in [0.15, 0.2) is 60.7 Å². The molecule has 1 heterocycles. The summed E-state index contributed by atoms with van der Waals surface area (Å²) in [4.78, 5) is 12.3. The normalized spacial score (nSPS) is 11.2. The minimum absolute atomic E-state index is 0.177. The first-order valence-electron chi connectivity index (χ1n) is 8.23. The van der Waals surface area contributed by atoms with Crippen LogP contribution in [0.3, 0.4) is 0 Å². The van der Waals surface area contributed by atoms with Gasteiger partial charge in [-0.15, -0.1) is 0 Å². The smallest absolute Gasteiger partial charge is 0.410 e. The average molecular weight is 370 g/mol. The van der Waals surface area contributed by atoms with Crippen LogP contribution in [0.4, 0.5) is 10.6 Å². The monoisotopic (exact) mass is 369 g/mol. The number of amides is 1. The molecule has 0 unspecified atom stereocenters. The van der Waals surface area contributed by atoms with E-state index in [2.05, 4.69) is 31.2 Å². The number of benzene rings is 2. The maximum atomic E-state index is 12.3. The number of nitrogens with one attached hydrogen (secondary N) is 1. The van der Waals surface area contributed by atoms with E-state index in [1.165, 1.54) is 0 Å². The molecule has 0 aliphatic rings. The maximum absolute atomic E-state index is 12.3. The zero-order chi connectivity index (χ0) is 18.7. The summed E-state index contributed by atoms with van der Waals surface area (Å²) in [7, 11) is 0. The highest BCUT2D eigenvalue weighted by molar-refractivity contribution is 6.30. The minimum Gasteiger partial charge on any atom is -0.410 e. The van der Waals surface area contributed by atoms with E-state index in [1.54, 1.807) is 41.1 Å². The fourth-order valence-corrected chi connectivity index (χ4v) is 2.55. The van der Waals surface area contributed by atoms with Crippen LogP contribution in [0.2, 0.25) is 5.02 Å². The van der Waals surface area contributed by atoms with Gasteiger partial charge in [0.1, 0.15) is 11.6 Å². The maximum Gasteiger partial charge on any atom is 0.418 e. The lowest BCUT2D eigenvalue weighted by Gasteiger charge is -2.14. The molecule has 5 nitrogen and oxygen atoms in total. The molecule has 0 saturated heterocycles. The Kier molecular flexibility index (Phi) is 5.00. The van der Waals surface area contributed by atoms with E-state index in [-0.39, 0.29) is 5.41 Å². The average Bonchev–Trinajstić information content (AvgIpc) is 2.99. The third-order valence-corrected chi connectivity index (χ3v) is 3.95. The van der Waals surface area contributed by atoms with Crippen molar-refractivity contribution in [3.63, 3.8) is 0 Å². The van der Waals surface area contributed by atoms with Crippen molar-refractivity contribution in [3.05, 3.63) is 71.4 Å². The topological polar surface area (TPSA) is 56.1 Å². The molecule has 0 aliphatic carbocycles. The van der Waals surface area contributed by atoms with Gasteiger partial charge in [0.25, 0.3) is 0 Å². The number of para-hydroxylation sites is 1. The van der Waals surface area contributed by atoms with Crippen molar-refractivity contribution in [1.29, 1.82) is 0 Å².